The van der Waals surface area contributed by atoms with Crippen LogP contribution in [0.25, 0.3) is 0 Å². The topological polar surface area (TPSA) is 37.3 Å². The lowest BCUT2D eigenvalue weighted by atomic mass is 9.77. The molecule has 0 radical (unpaired) electrons. The molecular weight excluding hydrogens is 272 g/mol. The molecule has 0 heterocycles. The van der Waals surface area contributed by atoms with Gasteiger partial charge in [0.25, 0.3) is 0 Å². The van der Waals surface area contributed by atoms with E-state index < -0.39 is 0 Å². The minimum atomic E-state index is -0.111. The maximum Gasteiger partial charge on any atom is 0.136 e. The second-order valence-corrected chi connectivity index (χ2v) is 8.80. The normalized spacial score (nSPS) is 19.7. The minimum absolute atomic E-state index is 0.111. The van der Waals surface area contributed by atoms with E-state index in [1.165, 1.54) is 5.56 Å². The van der Waals surface area contributed by atoms with Crippen molar-refractivity contribution in [2.45, 2.75) is 78.1 Å². The highest BCUT2D eigenvalue weighted by atomic mass is 16.3. The van der Waals surface area contributed by atoms with E-state index in [1.807, 2.05) is 0 Å². The molecule has 2 heteroatoms. The molecule has 1 fully saturated rings. The summed E-state index contributed by atoms with van der Waals surface area (Å²) in [7, 11) is 0. The van der Waals surface area contributed by atoms with E-state index in [2.05, 4.69) is 53.7 Å². The van der Waals surface area contributed by atoms with Crippen molar-refractivity contribution in [3.63, 3.8) is 0 Å². The summed E-state index contributed by atoms with van der Waals surface area (Å²) < 4.78 is 0. The summed E-state index contributed by atoms with van der Waals surface area (Å²) >= 11 is 0. The van der Waals surface area contributed by atoms with Crippen LogP contribution in [-0.2, 0) is 22.0 Å². The molecule has 2 rings (SSSR count). The Morgan fingerprint density at radius 3 is 1.91 bits per heavy atom. The van der Waals surface area contributed by atoms with Crippen molar-refractivity contribution < 1.29 is 9.90 Å². The van der Waals surface area contributed by atoms with Gasteiger partial charge in [-0.15, -0.1) is 0 Å². The fraction of sp³-hybridized carbons (Fsp3) is 0.650. The van der Waals surface area contributed by atoms with Crippen molar-refractivity contribution in [2.24, 2.45) is 5.92 Å². The zero-order chi connectivity index (χ0) is 16.7. The Kier molecular flexibility index (Phi) is 4.43. The van der Waals surface area contributed by atoms with Crippen LogP contribution < -0.4 is 0 Å². The second-order valence-electron chi connectivity index (χ2n) is 8.80. The molecule has 1 aromatic carbocycles. The number of phenolic OH excluding ortho intramolecular Hbond substituents is 1. The lowest BCUT2D eigenvalue weighted by Crippen LogP contribution is -2.19. The van der Waals surface area contributed by atoms with Gasteiger partial charge in [0.1, 0.15) is 11.5 Å². The summed E-state index contributed by atoms with van der Waals surface area (Å²) in [6.45, 7) is 12.7. The van der Waals surface area contributed by atoms with E-state index in [-0.39, 0.29) is 16.7 Å². The van der Waals surface area contributed by atoms with E-state index in [9.17, 15) is 9.90 Å². The third kappa shape index (κ3) is 3.53. The number of Topliss-reactive ketones (excluding diaryl/α,β-unsaturated/α-hetero) is 1. The SMILES string of the molecule is CC(C)(C)c1cc(CC2CCCC2=O)cc(C(C)(C)C)c1O. The molecule has 0 bridgehead atoms. The fourth-order valence-corrected chi connectivity index (χ4v) is 3.34. The van der Waals surface area contributed by atoms with Crippen LogP contribution in [0.5, 0.6) is 5.75 Å². The summed E-state index contributed by atoms with van der Waals surface area (Å²) in [5, 5.41) is 10.7. The standard InChI is InChI=1S/C20H30O2/c1-19(2,3)15-11-13(10-14-8-7-9-17(14)21)12-16(18(15)22)20(4,5)6/h11-12,14,22H,7-10H2,1-6H3. The first-order chi connectivity index (χ1) is 10.00. The third-order valence-corrected chi connectivity index (χ3v) is 4.70. The highest BCUT2D eigenvalue weighted by Crippen LogP contribution is 2.40. The first-order valence-corrected chi connectivity index (χ1v) is 8.39. The molecule has 0 amide bonds. The quantitative estimate of drug-likeness (QED) is 0.843. The summed E-state index contributed by atoms with van der Waals surface area (Å²) in [5.41, 5.74) is 2.94. The lowest BCUT2D eigenvalue weighted by molar-refractivity contribution is -0.120. The number of rotatable bonds is 2. The largest absolute Gasteiger partial charge is 0.507 e. The molecule has 1 aromatic rings. The van der Waals surface area contributed by atoms with Crippen LogP contribution in [0.15, 0.2) is 12.1 Å². The highest BCUT2D eigenvalue weighted by molar-refractivity contribution is 5.83. The molecule has 0 aromatic heterocycles. The molecule has 2 nitrogen and oxygen atoms in total. The van der Waals surface area contributed by atoms with E-state index in [0.29, 0.717) is 11.5 Å². The Labute approximate surface area is 134 Å². The average molecular weight is 302 g/mol. The highest BCUT2D eigenvalue weighted by Gasteiger charge is 2.29. The predicted octanol–water partition coefficient (Wildman–Crippen LogP) is 4.90. The van der Waals surface area contributed by atoms with E-state index in [0.717, 1.165) is 36.8 Å². The zero-order valence-electron chi connectivity index (χ0n) is 14.9. The molecule has 1 atom stereocenters. The number of hydrogen-bond acceptors (Lipinski definition) is 2. The van der Waals surface area contributed by atoms with Crippen LogP contribution in [0, 0.1) is 5.92 Å². The lowest BCUT2D eigenvalue weighted by Gasteiger charge is -2.28. The first kappa shape index (κ1) is 17.1. The Hall–Kier alpha value is -1.31. The Morgan fingerprint density at radius 1 is 1.05 bits per heavy atom. The third-order valence-electron chi connectivity index (χ3n) is 4.70. The smallest absolute Gasteiger partial charge is 0.136 e. The van der Waals surface area contributed by atoms with Gasteiger partial charge in [-0.1, -0.05) is 53.7 Å². The Morgan fingerprint density at radius 2 is 1.55 bits per heavy atom. The number of benzene rings is 1. The van der Waals surface area contributed by atoms with Crippen molar-refractivity contribution in [1.29, 1.82) is 0 Å². The van der Waals surface area contributed by atoms with Gasteiger partial charge in [-0.05, 0) is 46.8 Å². The Balaban J connectivity index is 2.48. The van der Waals surface area contributed by atoms with Crippen LogP contribution in [0.1, 0.15) is 77.5 Å². The number of ketones is 1. The van der Waals surface area contributed by atoms with Crippen molar-refractivity contribution in [3.05, 3.63) is 28.8 Å². The zero-order valence-corrected chi connectivity index (χ0v) is 14.9. The molecule has 0 saturated heterocycles. The van der Waals surface area contributed by atoms with Gasteiger partial charge >= 0.3 is 0 Å². The van der Waals surface area contributed by atoms with Gasteiger partial charge in [0.15, 0.2) is 0 Å². The molecule has 22 heavy (non-hydrogen) atoms. The molecule has 1 saturated carbocycles. The molecule has 0 spiro atoms. The van der Waals surface area contributed by atoms with Gasteiger partial charge in [0.2, 0.25) is 0 Å². The van der Waals surface area contributed by atoms with Gasteiger partial charge in [-0.3, -0.25) is 4.79 Å². The second kappa shape index (κ2) is 5.72. The summed E-state index contributed by atoms with van der Waals surface area (Å²) in [6.07, 6.45) is 3.58. The molecule has 122 valence electrons. The fourth-order valence-electron chi connectivity index (χ4n) is 3.34. The van der Waals surface area contributed by atoms with Crippen LogP contribution in [-0.4, -0.2) is 10.9 Å². The number of phenols is 1. The number of carbonyl (C=O) groups is 1. The monoisotopic (exact) mass is 302 g/mol. The van der Waals surface area contributed by atoms with E-state index >= 15 is 0 Å². The molecule has 1 aliphatic carbocycles. The van der Waals surface area contributed by atoms with Crippen molar-refractivity contribution >= 4 is 5.78 Å². The van der Waals surface area contributed by atoms with Crippen molar-refractivity contribution in [1.82, 2.24) is 0 Å². The van der Waals surface area contributed by atoms with Crippen molar-refractivity contribution in [3.8, 4) is 5.75 Å². The predicted molar refractivity (Wildman–Crippen MR) is 91.6 cm³/mol. The number of aromatic hydroxyl groups is 1. The van der Waals surface area contributed by atoms with Crippen molar-refractivity contribution in [2.75, 3.05) is 0 Å². The van der Waals surface area contributed by atoms with Gasteiger partial charge in [-0.2, -0.15) is 0 Å². The van der Waals surface area contributed by atoms with E-state index in [4.69, 9.17) is 0 Å². The average Bonchev–Trinajstić information content (AvgIpc) is 2.74. The molecular formula is C20H30O2. The maximum atomic E-state index is 12.0. The number of hydrogen-bond donors (Lipinski definition) is 1. The molecule has 1 N–H and O–H groups in total. The van der Waals surface area contributed by atoms with Crippen LogP contribution in [0.3, 0.4) is 0 Å². The van der Waals surface area contributed by atoms with Crippen LogP contribution in [0.2, 0.25) is 0 Å². The van der Waals surface area contributed by atoms with Crippen LogP contribution in [0.4, 0.5) is 0 Å². The summed E-state index contributed by atoms with van der Waals surface area (Å²) in [4.78, 5) is 12.0. The molecule has 1 aliphatic rings. The number of carbonyl (C=O) groups excluding carboxylic acids is 1. The Bertz CT molecular complexity index is 535. The van der Waals surface area contributed by atoms with E-state index in [1.54, 1.807) is 0 Å². The van der Waals surface area contributed by atoms with Gasteiger partial charge in [-0.25, -0.2) is 0 Å². The molecule has 0 aliphatic heterocycles. The minimum Gasteiger partial charge on any atom is -0.507 e. The van der Waals surface area contributed by atoms with Crippen LogP contribution >= 0.6 is 0 Å². The first-order valence-electron chi connectivity index (χ1n) is 8.39. The summed E-state index contributed by atoms with van der Waals surface area (Å²) in [6, 6.07) is 4.21. The summed E-state index contributed by atoms with van der Waals surface area (Å²) in [5.74, 6) is 0.995. The van der Waals surface area contributed by atoms with Gasteiger partial charge < -0.3 is 5.11 Å². The maximum absolute atomic E-state index is 12.0. The van der Waals surface area contributed by atoms with Gasteiger partial charge in [0, 0.05) is 12.3 Å². The molecule has 1 unspecified atom stereocenters. The van der Waals surface area contributed by atoms with Gasteiger partial charge in [0.05, 0.1) is 0 Å².